The van der Waals surface area contributed by atoms with Gasteiger partial charge in [-0.15, -0.1) is 0 Å². The van der Waals surface area contributed by atoms with Crippen molar-refractivity contribution in [1.82, 2.24) is 5.43 Å². The van der Waals surface area contributed by atoms with Crippen LogP contribution >= 0.6 is 11.6 Å². The Hall–Kier alpha value is -4.05. The van der Waals surface area contributed by atoms with Crippen LogP contribution in [0.25, 0.3) is 0 Å². The zero-order chi connectivity index (χ0) is 27.2. The zero-order valence-corrected chi connectivity index (χ0v) is 20.8. The summed E-state index contributed by atoms with van der Waals surface area (Å²) in [7, 11) is 1.48. The highest BCUT2D eigenvalue weighted by Gasteiger charge is 2.31. The molecule has 0 fully saturated rings. The number of methoxy groups -OCH3 is 1. The van der Waals surface area contributed by atoms with Gasteiger partial charge in [-0.2, -0.15) is 18.3 Å². The number of hydrazone groups is 1. The number of aryl methyl sites for hydroxylation is 1. The lowest BCUT2D eigenvalue weighted by Gasteiger charge is -2.13. The van der Waals surface area contributed by atoms with E-state index in [0.717, 1.165) is 23.3 Å². The van der Waals surface area contributed by atoms with Gasteiger partial charge in [0.15, 0.2) is 11.5 Å². The van der Waals surface area contributed by atoms with Gasteiger partial charge in [-0.3, -0.25) is 9.59 Å². The van der Waals surface area contributed by atoms with E-state index in [2.05, 4.69) is 15.8 Å². The maximum Gasteiger partial charge on any atom is 0.416 e. The van der Waals surface area contributed by atoms with Gasteiger partial charge in [0.05, 0.1) is 29.1 Å². The molecule has 11 heteroatoms. The molecule has 0 spiro atoms. The monoisotopic (exact) mass is 533 g/mol. The summed E-state index contributed by atoms with van der Waals surface area (Å²) >= 11 is 5.85. The molecular weight excluding hydrogens is 511 g/mol. The van der Waals surface area contributed by atoms with Crippen molar-refractivity contribution in [3.63, 3.8) is 0 Å². The number of hydrogen-bond donors (Lipinski definition) is 2. The minimum atomic E-state index is -4.64. The van der Waals surface area contributed by atoms with Crippen LogP contribution in [-0.4, -0.2) is 24.6 Å². The second-order valence-electron chi connectivity index (χ2n) is 7.87. The van der Waals surface area contributed by atoms with Crippen LogP contribution in [0.1, 0.15) is 29.2 Å². The molecule has 3 aromatic rings. The predicted octanol–water partition coefficient (Wildman–Crippen LogP) is 5.73. The van der Waals surface area contributed by atoms with Crippen LogP contribution in [-0.2, 0) is 22.4 Å². The molecule has 7 nitrogen and oxygen atoms in total. The lowest BCUT2D eigenvalue weighted by Crippen LogP contribution is -2.33. The number of halogens is 4. The summed E-state index contributed by atoms with van der Waals surface area (Å²) in [6.07, 6.45) is -4.64. The second kappa shape index (κ2) is 11.8. The van der Waals surface area contributed by atoms with Crippen molar-refractivity contribution in [3.8, 4) is 11.5 Å². The quantitative estimate of drug-likeness (QED) is 0.230. The second-order valence-corrected chi connectivity index (χ2v) is 8.27. The van der Waals surface area contributed by atoms with Crippen molar-refractivity contribution in [2.24, 2.45) is 5.10 Å². The summed E-state index contributed by atoms with van der Waals surface area (Å²) in [4.78, 5) is 24.3. The van der Waals surface area contributed by atoms with Gasteiger partial charge in [0.2, 0.25) is 0 Å². The average molecular weight is 534 g/mol. The van der Waals surface area contributed by atoms with Gasteiger partial charge >= 0.3 is 18.0 Å². The molecule has 0 aliphatic heterocycles. The van der Waals surface area contributed by atoms with Gasteiger partial charge in [-0.1, -0.05) is 35.9 Å². The predicted molar refractivity (Wildman–Crippen MR) is 134 cm³/mol. The van der Waals surface area contributed by atoms with Crippen molar-refractivity contribution in [2.45, 2.75) is 26.6 Å². The molecule has 0 saturated heterocycles. The molecule has 2 amide bonds. The number of anilines is 1. The summed E-state index contributed by atoms with van der Waals surface area (Å²) in [5.74, 6) is -1.50. The molecular formula is C26H23ClF3N3O4. The van der Waals surface area contributed by atoms with E-state index >= 15 is 0 Å². The third-order valence-electron chi connectivity index (χ3n) is 5.30. The normalized spacial score (nSPS) is 11.6. The fraction of sp³-hybridized carbons (Fsp3) is 0.192. The highest BCUT2D eigenvalue weighted by atomic mass is 35.5. The molecule has 194 valence electrons. The topological polar surface area (TPSA) is 89.0 Å². The van der Waals surface area contributed by atoms with Crippen LogP contribution < -0.4 is 20.2 Å². The van der Waals surface area contributed by atoms with Crippen molar-refractivity contribution in [1.29, 1.82) is 0 Å². The molecule has 0 radical (unpaired) electrons. The van der Waals surface area contributed by atoms with Gasteiger partial charge in [0.1, 0.15) is 6.61 Å². The van der Waals surface area contributed by atoms with Gasteiger partial charge < -0.3 is 14.8 Å². The Morgan fingerprint density at radius 1 is 1.00 bits per heavy atom. The van der Waals surface area contributed by atoms with E-state index in [9.17, 15) is 22.8 Å². The first kappa shape index (κ1) is 27.5. The van der Waals surface area contributed by atoms with Gasteiger partial charge in [-0.25, -0.2) is 5.43 Å². The van der Waals surface area contributed by atoms with Crippen LogP contribution in [0.4, 0.5) is 18.9 Å². The van der Waals surface area contributed by atoms with Gasteiger partial charge in [-0.05, 0) is 61.4 Å². The molecule has 3 aromatic carbocycles. The summed E-state index contributed by atoms with van der Waals surface area (Å²) in [6.45, 7) is 3.92. The van der Waals surface area contributed by atoms with Crippen molar-refractivity contribution in [3.05, 3.63) is 87.9 Å². The molecule has 0 aliphatic rings. The van der Waals surface area contributed by atoms with Crippen LogP contribution in [0.3, 0.4) is 0 Å². The molecule has 37 heavy (non-hydrogen) atoms. The van der Waals surface area contributed by atoms with Crippen LogP contribution in [0.5, 0.6) is 11.5 Å². The molecule has 0 bridgehead atoms. The molecule has 0 aromatic heterocycles. The average Bonchev–Trinajstić information content (AvgIpc) is 2.87. The largest absolute Gasteiger partial charge is 0.493 e. The third-order valence-corrected chi connectivity index (χ3v) is 5.63. The first-order valence-corrected chi connectivity index (χ1v) is 11.3. The summed E-state index contributed by atoms with van der Waals surface area (Å²) in [5.41, 5.74) is 3.71. The maximum atomic E-state index is 12.9. The van der Waals surface area contributed by atoms with Crippen LogP contribution in [0, 0.1) is 6.92 Å². The number of hydrogen-bond acceptors (Lipinski definition) is 5. The van der Waals surface area contributed by atoms with E-state index in [1.54, 1.807) is 25.1 Å². The van der Waals surface area contributed by atoms with Crippen molar-refractivity contribution < 1.29 is 32.2 Å². The van der Waals surface area contributed by atoms with E-state index in [1.165, 1.54) is 7.11 Å². The molecule has 0 aliphatic carbocycles. The maximum absolute atomic E-state index is 12.9. The number of rotatable bonds is 7. The number of carbonyl (C=O) groups is 2. The van der Waals surface area contributed by atoms with Crippen LogP contribution in [0.15, 0.2) is 65.8 Å². The summed E-state index contributed by atoms with van der Waals surface area (Å²) < 4.78 is 50.0. The molecule has 3 rings (SSSR count). The number of benzene rings is 3. The lowest BCUT2D eigenvalue weighted by molar-refractivity contribution is -0.137. The summed E-state index contributed by atoms with van der Waals surface area (Å²) in [5, 5.41) is 5.79. The van der Waals surface area contributed by atoms with E-state index in [-0.39, 0.29) is 10.7 Å². The van der Waals surface area contributed by atoms with E-state index in [4.69, 9.17) is 21.1 Å². The Balaban J connectivity index is 1.66. The minimum Gasteiger partial charge on any atom is -0.493 e. The zero-order valence-electron chi connectivity index (χ0n) is 20.1. The van der Waals surface area contributed by atoms with Crippen molar-refractivity contribution >= 4 is 34.8 Å². The molecule has 0 atom stereocenters. The van der Waals surface area contributed by atoms with E-state index in [0.29, 0.717) is 35.4 Å². The third kappa shape index (κ3) is 7.23. The fourth-order valence-electron chi connectivity index (χ4n) is 3.17. The summed E-state index contributed by atoms with van der Waals surface area (Å²) in [6, 6.07) is 15.2. The SMILES string of the molecule is COc1cc(/C(C)=N/NC(=O)C(=O)Nc2cc(C(F)(F)F)ccc2Cl)ccc1OCc1ccccc1C. The molecule has 0 saturated carbocycles. The number of carbonyl (C=O) groups excluding carboxylic acids is 2. The number of ether oxygens (including phenoxy) is 2. The van der Waals surface area contributed by atoms with Gasteiger partial charge in [0, 0.05) is 5.56 Å². The highest BCUT2D eigenvalue weighted by Crippen LogP contribution is 2.34. The Kier molecular flexibility index (Phi) is 8.77. The number of nitrogens with one attached hydrogen (secondary N) is 2. The Morgan fingerprint density at radius 2 is 1.73 bits per heavy atom. The van der Waals surface area contributed by atoms with Crippen LogP contribution in [0.2, 0.25) is 5.02 Å². The molecule has 0 heterocycles. The lowest BCUT2D eigenvalue weighted by atomic mass is 10.1. The Labute approximate surface area is 216 Å². The first-order valence-electron chi connectivity index (χ1n) is 10.9. The van der Waals surface area contributed by atoms with Gasteiger partial charge in [0.25, 0.3) is 0 Å². The van der Waals surface area contributed by atoms with Crippen molar-refractivity contribution in [2.75, 3.05) is 12.4 Å². The minimum absolute atomic E-state index is 0.161. The first-order chi connectivity index (χ1) is 17.5. The number of nitrogens with zero attached hydrogens (tertiary/aromatic N) is 1. The Morgan fingerprint density at radius 3 is 2.41 bits per heavy atom. The molecule has 0 unspecified atom stereocenters. The number of alkyl halides is 3. The standard InChI is InChI=1S/C26H23ClF3N3O4/c1-15-6-4-5-7-18(15)14-37-22-11-8-17(12-23(22)36-3)16(2)32-33-25(35)24(34)31-21-13-19(26(28,29)30)9-10-20(21)27/h4-13H,14H2,1-3H3,(H,31,34)(H,33,35)/b32-16+. The smallest absolute Gasteiger partial charge is 0.416 e. The van der Waals surface area contributed by atoms with E-state index in [1.807, 2.05) is 31.2 Å². The fourth-order valence-corrected chi connectivity index (χ4v) is 3.33. The number of amides is 2. The molecule has 2 N–H and O–H groups in total. The van der Waals surface area contributed by atoms with E-state index < -0.39 is 23.6 Å². The highest BCUT2D eigenvalue weighted by molar-refractivity contribution is 6.41. The Bertz CT molecular complexity index is 1340.